The first-order valence-corrected chi connectivity index (χ1v) is 7.23. The van der Waals surface area contributed by atoms with Crippen LogP contribution in [0.3, 0.4) is 0 Å². The molecule has 0 aromatic rings. The van der Waals surface area contributed by atoms with Crippen LogP contribution in [0.1, 0.15) is 32.6 Å². The van der Waals surface area contributed by atoms with E-state index in [9.17, 15) is 4.79 Å². The van der Waals surface area contributed by atoms with Crippen molar-refractivity contribution in [2.75, 3.05) is 25.1 Å². The zero-order valence-electron chi connectivity index (χ0n) is 10.3. The van der Waals surface area contributed by atoms with Crippen LogP contribution in [0.5, 0.6) is 0 Å². The normalized spacial score (nSPS) is 11.8. The predicted molar refractivity (Wildman–Crippen MR) is 71.1 cm³/mol. The molecule has 0 atom stereocenters. The van der Waals surface area contributed by atoms with Crippen molar-refractivity contribution in [3.8, 4) is 0 Å². The lowest BCUT2D eigenvalue weighted by atomic mass is 10.2. The van der Waals surface area contributed by atoms with E-state index in [1.165, 1.54) is 25.0 Å². The summed E-state index contributed by atoms with van der Waals surface area (Å²) in [7, 11) is 0. The molecule has 0 aliphatic rings. The van der Waals surface area contributed by atoms with Crippen LogP contribution in [0.25, 0.3) is 0 Å². The van der Waals surface area contributed by atoms with E-state index in [2.05, 4.69) is 11.6 Å². The summed E-state index contributed by atoms with van der Waals surface area (Å²) in [6.07, 6.45) is 8.17. The third-order valence-electron chi connectivity index (χ3n) is 2.35. The summed E-state index contributed by atoms with van der Waals surface area (Å²) in [6.45, 7) is 3.50. The van der Waals surface area contributed by atoms with Gasteiger partial charge in [-0.2, -0.15) is 11.8 Å². The summed E-state index contributed by atoms with van der Waals surface area (Å²) in [5, 5.41) is 12.0. The Morgan fingerprint density at radius 3 is 2.69 bits per heavy atom. The Balaban J connectivity index is 3.41. The van der Waals surface area contributed by atoms with Gasteiger partial charge in [0, 0.05) is 12.1 Å². The lowest BCUT2D eigenvalue weighted by Gasteiger charge is -2.02. The number of aliphatic carboxylic acids is 1. The highest BCUT2D eigenvalue weighted by Gasteiger charge is 2.01. The Labute approximate surface area is 103 Å². The first-order valence-electron chi connectivity index (χ1n) is 5.84. The van der Waals surface area contributed by atoms with Crippen LogP contribution in [-0.4, -0.2) is 36.2 Å². The summed E-state index contributed by atoms with van der Waals surface area (Å²) in [4.78, 5) is 10.7. The average molecular weight is 245 g/mol. The Hall–Kier alpha value is -0.480. The molecule has 0 fully saturated rings. The van der Waals surface area contributed by atoms with Crippen molar-refractivity contribution in [2.45, 2.75) is 32.6 Å². The van der Waals surface area contributed by atoms with Gasteiger partial charge in [-0.15, -0.1) is 0 Å². The average Bonchev–Trinajstić information content (AvgIpc) is 2.26. The second-order valence-electron chi connectivity index (χ2n) is 3.65. The fraction of sp³-hybridized carbons (Fsp3) is 0.750. The van der Waals surface area contributed by atoms with E-state index in [1.54, 1.807) is 6.08 Å². The van der Waals surface area contributed by atoms with Crippen LogP contribution in [0.4, 0.5) is 0 Å². The maximum atomic E-state index is 10.7. The summed E-state index contributed by atoms with van der Waals surface area (Å²) in [6, 6.07) is 0. The van der Waals surface area contributed by atoms with Crippen LogP contribution in [-0.2, 0) is 4.79 Å². The minimum absolute atomic E-state index is 0.495. The number of carboxylic acids is 1. The van der Waals surface area contributed by atoms with Gasteiger partial charge in [-0.25, -0.2) is 4.79 Å². The van der Waals surface area contributed by atoms with Crippen molar-refractivity contribution in [2.24, 2.45) is 0 Å². The molecule has 0 saturated carbocycles. The molecule has 0 aliphatic heterocycles. The highest BCUT2D eigenvalue weighted by molar-refractivity contribution is 7.98. The third-order valence-corrected chi connectivity index (χ3v) is 3.05. The van der Waals surface area contributed by atoms with E-state index < -0.39 is 5.97 Å². The standard InChI is InChI=1S/C12H23NO2S/c1-3-11(12(14)15)7-9-13-8-5-4-6-10-16-2/h7,13H,3-6,8-10H2,1-2H3,(H,14,15). The van der Waals surface area contributed by atoms with E-state index in [0.717, 1.165) is 6.54 Å². The number of carboxylic acid groups (broad SMARTS) is 1. The highest BCUT2D eigenvalue weighted by atomic mass is 32.2. The van der Waals surface area contributed by atoms with Gasteiger partial charge in [0.15, 0.2) is 0 Å². The van der Waals surface area contributed by atoms with Crippen molar-refractivity contribution in [1.29, 1.82) is 0 Å². The van der Waals surface area contributed by atoms with Crippen molar-refractivity contribution >= 4 is 17.7 Å². The molecule has 0 unspecified atom stereocenters. The molecule has 0 aromatic heterocycles. The lowest BCUT2D eigenvalue weighted by molar-refractivity contribution is -0.132. The van der Waals surface area contributed by atoms with E-state index in [0.29, 0.717) is 18.5 Å². The van der Waals surface area contributed by atoms with Crippen LogP contribution in [0, 0.1) is 0 Å². The van der Waals surface area contributed by atoms with Crippen molar-refractivity contribution in [3.63, 3.8) is 0 Å². The quantitative estimate of drug-likeness (QED) is 0.459. The molecule has 16 heavy (non-hydrogen) atoms. The maximum absolute atomic E-state index is 10.7. The molecule has 0 bridgehead atoms. The van der Waals surface area contributed by atoms with Gasteiger partial charge in [-0.05, 0) is 37.8 Å². The van der Waals surface area contributed by atoms with E-state index >= 15 is 0 Å². The van der Waals surface area contributed by atoms with Crippen molar-refractivity contribution < 1.29 is 9.90 Å². The molecule has 94 valence electrons. The van der Waals surface area contributed by atoms with Crippen LogP contribution in [0.2, 0.25) is 0 Å². The molecule has 0 saturated heterocycles. The molecule has 3 nitrogen and oxygen atoms in total. The Morgan fingerprint density at radius 2 is 2.12 bits per heavy atom. The molecular weight excluding hydrogens is 222 g/mol. The molecule has 0 rings (SSSR count). The van der Waals surface area contributed by atoms with Crippen molar-refractivity contribution in [3.05, 3.63) is 11.6 Å². The molecule has 0 aliphatic carbocycles. The van der Waals surface area contributed by atoms with Gasteiger partial charge in [0.1, 0.15) is 0 Å². The largest absolute Gasteiger partial charge is 0.478 e. The fourth-order valence-electron chi connectivity index (χ4n) is 1.35. The molecule has 0 heterocycles. The minimum Gasteiger partial charge on any atom is -0.478 e. The van der Waals surface area contributed by atoms with Gasteiger partial charge in [0.25, 0.3) is 0 Å². The molecule has 0 radical (unpaired) electrons. The topological polar surface area (TPSA) is 49.3 Å². The first kappa shape index (κ1) is 15.5. The van der Waals surface area contributed by atoms with Crippen molar-refractivity contribution in [1.82, 2.24) is 5.32 Å². The van der Waals surface area contributed by atoms with Crippen LogP contribution in [0.15, 0.2) is 11.6 Å². The monoisotopic (exact) mass is 245 g/mol. The molecular formula is C12H23NO2S. The van der Waals surface area contributed by atoms with Gasteiger partial charge < -0.3 is 10.4 Å². The highest BCUT2D eigenvalue weighted by Crippen LogP contribution is 2.01. The van der Waals surface area contributed by atoms with Crippen LogP contribution >= 0.6 is 11.8 Å². The number of carbonyl (C=O) groups is 1. The van der Waals surface area contributed by atoms with Gasteiger partial charge in [-0.1, -0.05) is 19.4 Å². The summed E-state index contributed by atoms with van der Waals surface area (Å²) in [5.41, 5.74) is 0.495. The zero-order valence-corrected chi connectivity index (χ0v) is 11.1. The number of unbranched alkanes of at least 4 members (excludes halogenated alkanes) is 2. The SMILES string of the molecule is CCC(=CCNCCCCCSC)C(=O)O. The minimum atomic E-state index is -0.802. The molecule has 0 spiro atoms. The van der Waals surface area contributed by atoms with Gasteiger partial charge in [0.2, 0.25) is 0 Å². The second kappa shape index (κ2) is 11.0. The summed E-state index contributed by atoms with van der Waals surface area (Å²) >= 11 is 1.88. The molecule has 0 amide bonds. The lowest BCUT2D eigenvalue weighted by Crippen LogP contribution is -2.16. The smallest absolute Gasteiger partial charge is 0.331 e. The number of hydrogen-bond acceptors (Lipinski definition) is 3. The Kier molecular flexibility index (Phi) is 10.7. The second-order valence-corrected chi connectivity index (χ2v) is 4.63. The van der Waals surface area contributed by atoms with Gasteiger partial charge in [-0.3, -0.25) is 0 Å². The number of rotatable bonds is 10. The first-order chi connectivity index (χ1) is 7.72. The van der Waals surface area contributed by atoms with E-state index in [1.807, 2.05) is 18.7 Å². The number of nitrogens with one attached hydrogen (secondary N) is 1. The molecule has 2 N–H and O–H groups in total. The summed E-state index contributed by atoms with van der Waals surface area (Å²) < 4.78 is 0. The fourth-order valence-corrected chi connectivity index (χ4v) is 1.85. The number of thioether (sulfide) groups is 1. The summed E-state index contributed by atoms with van der Waals surface area (Å²) in [5.74, 6) is 0.433. The van der Waals surface area contributed by atoms with Gasteiger partial charge >= 0.3 is 5.97 Å². The zero-order chi connectivity index (χ0) is 12.2. The number of hydrogen-bond donors (Lipinski definition) is 2. The van der Waals surface area contributed by atoms with Gasteiger partial charge in [0.05, 0.1) is 0 Å². The molecule has 4 heteroatoms. The predicted octanol–water partition coefficient (Wildman–Crippen LogP) is 2.53. The van der Waals surface area contributed by atoms with E-state index in [-0.39, 0.29) is 0 Å². The molecule has 0 aromatic carbocycles. The van der Waals surface area contributed by atoms with E-state index in [4.69, 9.17) is 5.11 Å². The Morgan fingerprint density at radius 1 is 1.38 bits per heavy atom. The third kappa shape index (κ3) is 8.80. The van der Waals surface area contributed by atoms with Crippen LogP contribution < -0.4 is 5.32 Å². The maximum Gasteiger partial charge on any atom is 0.331 e. The Bertz CT molecular complexity index is 217.